The Bertz CT molecular complexity index is 892. The van der Waals surface area contributed by atoms with Crippen molar-refractivity contribution in [3.63, 3.8) is 0 Å². The number of Topliss-reactive ketones (excluding diaryl/α,β-unsaturated/α-hetero) is 1. The standard InChI is InChI=1S/C21H23FN2O4/c1-14(25)20-16(22)5-4-6-17(20)23-9-11-24(12-10-23)21(26)15-7-8-18(27-2)19(13-15)28-3/h4-8,13H,9-12H2,1-3H3. The third-order valence-electron chi connectivity index (χ3n) is 4.88. The molecule has 1 amide bonds. The van der Waals surface area contributed by atoms with Gasteiger partial charge < -0.3 is 19.3 Å². The number of hydrogen-bond donors (Lipinski definition) is 0. The number of amides is 1. The van der Waals surface area contributed by atoms with Crippen LogP contribution in [0.1, 0.15) is 27.6 Å². The zero-order valence-electron chi connectivity index (χ0n) is 16.2. The molecule has 28 heavy (non-hydrogen) atoms. The van der Waals surface area contributed by atoms with Gasteiger partial charge in [-0.25, -0.2) is 4.39 Å². The number of methoxy groups -OCH3 is 2. The van der Waals surface area contributed by atoms with Crippen LogP contribution in [-0.2, 0) is 0 Å². The second-order valence-electron chi connectivity index (χ2n) is 6.54. The lowest BCUT2D eigenvalue weighted by atomic mass is 10.1. The van der Waals surface area contributed by atoms with E-state index < -0.39 is 5.82 Å². The summed E-state index contributed by atoms with van der Waals surface area (Å²) in [5.74, 6) is 0.127. The lowest BCUT2D eigenvalue weighted by molar-refractivity contribution is 0.0745. The predicted octanol–water partition coefficient (Wildman–Crippen LogP) is 3.01. The molecule has 0 spiro atoms. The van der Waals surface area contributed by atoms with Crippen LogP contribution in [-0.4, -0.2) is 57.0 Å². The molecule has 2 aromatic rings. The van der Waals surface area contributed by atoms with E-state index in [-0.39, 0.29) is 17.3 Å². The van der Waals surface area contributed by atoms with Gasteiger partial charge in [0.25, 0.3) is 5.91 Å². The van der Waals surface area contributed by atoms with Crippen molar-refractivity contribution >= 4 is 17.4 Å². The van der Waals surface area contributed by atoms with Crippen LogP contribution in [0, 0.1) is 5.82 Å². The first-order valence-electron chi connectivity index (χ1n) is 9.02. The van der Waals surface area contributed by atoms with Crippen molar-refractivity contribution in [1.82, 2.24) is 4.90 Å². The predicted molar refractivity (Wildman–Crippen MR) is 104 cm³/mol. The van der Waals surface area contributed by atoms with Gasteiger partial charge >= 0.3 is 0 Å². The van der Waals surface area contributed by atoms with Gasteiger partial charge in [0.15, 0.2) is 17.3 Å². The maximum absolute atomic E-state index is 14.1. The van der Waals surface area contributed by atoms with Crippen molar-refractivity contribution in [2.75, 3.05) is 45.3 Å². The molecule has 2 aromatic carbocycles. The van der Waals surface area contributed by atoms with Crippen LogP contribution >= 0.6 is 0 Å². The smallest absolute Gasteiger partial charge is 0.254 e. The maximum Gasteiger partial charge on any atom is 0.254 e. The van der Waals surface area contributed by atoms with E-state index in [9.17, 15) is 14.0 Å². The Balaban J connectivity index is 1.73. The largest absolute Gasteiger partial charge is 0.493 e. The third kappa shape index (κ3) is 3.78. The highest BCUT2D eigenvalue weighted by molar-refractivity contribution is 6.00. The molecular formula is C21H23FN2O4. The van der Waals surface area contributed by atoms with Crippen LogP contribution in [0.25, 0.3) is 0 Å². The van der Waals surface area contributed by atoms with Gasteiger partial charge in [0, 0.05) is 31.7 Å². The highest BCUT2D eigenvalue weighted by atomic mass is 19.1. The summed E-state index contributed by atoms with van der Waals surface area (Å²) in [6, 6.07) is 9.69. The van der Waals surface area contributed by atoms with E-state index in [0.717, 1.165) is 0 Å². The van der Waals surface area contributed by atoms with Crippen molar-refractivity contribution in [3.05, 3.63) is 53.3 Å². The lowest BCUT2D eigenvalue weighted by Gasteiger charge is -2.37. The van der Waals surface area contributed by atoms with Crippen LogP contribution < -0.4 is 14.4 Å². The molecule has 0 atom stereocenters. The van der Waals surface area contributed by atoms with E-state index in [0.29, 0.717) is 48.9 Å². The minimum Gasteiger partial charge on any atom is -0.493 e. The average Bonchev–Trinajstić information content (AvgIpc) is 2.72. The number of rotatable bonds is 5. The SMILES string of the molecule is COc1ccc(C(=O)N2CCN(c3cccc(F)c3C(C)=O)CC2)cc1OC. The zero-order valence-corrected chi connectivity index (χ0v) is 16.2. The second-order valence-corrected chi connectivity index (χ2v) is 6.54. The van der Waals surface area contributed by atoms with Crippen LogP contribution in [0.3, 0.4) is 0 Å². The minimum atomic E-state index is -0.520. The number of ketones is 1. The van der Waals surface area contributed by atoms with Gasteiger partial charge in [-0.1, -0.05) is 6.07 Å². The summed E-state index contributed by atoms with van der Waals surface area (Å²) >= 11 is 0. The molecule has 0 N–H and O–H groups in total. The zero-order chi connectivity index (χ0) is 20.3. The Morgan fingerprint density at radius 3 is 2.25 bits per heavy atom. The highest BCUT2D eigenvalue weighted by Crippen LogP contribution is 2.29. The molecule has 1 fully saturated rings. The number of piperazine rings is 1. The number of anilines is 1. The topological polar surface area (TPSA) is 59.1 Å². The van der Waals surface area contributed by atoms with Gasteiger partial charge in [0.1, 0.15) is 5.82 Å². The molecule has 1 heterocycles. The minimum absolute atomic E-state index is 0.0992. The Morgan fingerprint density at radius 2 is 1.64 bits per heavy atom. The number of carbonyl (C=O) groups is 2. The summed E-state index contributed by atoms with van der Waals surface area (Å²) in [5.41, 5.74) is 1.19. The Kier molecular flexibility index (Phi) is 5.82. The first kappa shape index (κ1) is 19.7. The molecule has 1 aliphatic heterocycles. The monoisotopic (exact) mass is 386 g/mol. The molecule has 0 bridgehead atoms. The number of benzene rings is 2. The Morgan fingerprint density at radius 1 is 0.964 bits per heavy atom. The number of ether oxygens (including phenoxy) is 2. The highest BCUT2D eigenvalue weighted by Gasteiger charge is 2.26. The van der Waals surface area contributed by atoms with E-state index in [1.54, 1.807) is 42.3 Å². The van der Waals surface area contributed by atoms with Gasteiger partial charge in [-0.2, -0.15) is 0 Å². The van der Waals surface area contributed by atoms with Gasteiger partial charge in [-0.15, -0.1) is 0 Å². The number of carbonyl (C=O) groups excluding carboxylic acids is 2. The lowest BCUT2D eigenvalue weighted by Crippen LogP contribution is -2.49. The normalized spacial score (nSPS) is 14.0. The van der Waals surface area contributed by atoms with Crippen molar-refractivity contribution in [3.8, 4) is 11.5 Å². The fourth-order valence-electron chi connectivity index (χ4n) is 3.43. The molecular weight excluding hydrogens is 363 g/mol. The summed E-state index contributed by atoms with van der Waals surface area (Å²) < 4.78 is 24.6. The van der Waals surface area contributed by atoms with Gasteiger partial charge in [-0.05, 0) is 37.3 Å². The fourth-order valence-corrected chi connectivity index (χ4v) is 3.43. The number of hydrogen-bond acceptors (Lipinski definition) is 5. The van der Waals surface area contributed by atoms with Gasteiger partial charge in [-0.3, -0.25) is 9.59 Å². The van der Waals surface area contributed by atoms with Crippen molar-refractivity contribution in [2.45, 2.75) is 6.92 Å². The van der Waals surface area contributed by atoms with Crippen molar-refractivity contribution < 1.29 is 23.5 Å². The molecule has 6 nitrogen and oxygen atoms in total. The van der Waals surface area contributed by atoms with E-state index >= 15 is 0 Å². The van der Waals surface area contributed by atoms with E-state index in [1.807, 2.05) is 4.90 Å². The fraction of sp³-hybridized carbons (Fsp3) is 0.333. The molecule has 0 saturated carbocycles. The molecule has 148 valence electrons. The molecule has 1 saturated heterocycles. The summed E-state index contributed by atoms with van der Waals surface area (Å²) in [7, 11) is 3.07. The van der Waals surface area contributed by atoms with Crippen molar-refractivity contribution in [1.29, 1.82) is 0 Å². The average molecular weight is 386 g/mol. The first-order chi connectivity index (χ1) is 13.5. The van der Waals surface area contributed by atoms with Crippen LogP contribution in [0.5, 0.6) is 11.5 Å². The summed E-state index contributed by atoms with van der Waals surface area (Å²) in [5, 5.41) is 0. The molecule has 0 aromatic heterocycles. The molecule has 0 unspecified atom stereocenters. The quantitative estimate of drug-likeness (QED) is 0.740. The molecule has 1 aliphatic rings. The molecule has 0 aliphatic carbocycles. The molecule has 0 radical (unpaired) electrons. The number of nitrogens with zero attached hydrogens (tertiary/aromatic N) is 2. The summed E-state index contributed by atoms with van der Waals surface area (Å²) in [4.78, 5) is 28.4. The van der Waals surface area contributed by atoms with Gasteiger partial charge in [0.2, 0.25) is 0 Å². The molecule has 3 rings (SSSR count). The Hall–Kier alpha value is -3.09. The second kappa shape index (κ2) is 8.29. The van der Waals surface area contributed by atoms with E-state index in [2.05, 4.69) is 0 Å². The summed E-state index contributed by atoms with van der Waals surface area (Å²) in [6.45, 7) is 3.34. The van der Waals surface area contributed by atoms with Crippen LogP contribution in [0.4, 0.5) is 10.1 Å². The van der Waals surface area contributed by atoms with E-state index in [1.165, 1.54) is 20.1 Å². The molecule has 7 heteroatoms. The first-order valence-corrected chi connectivity index (χ1v) is 9.02. The van der Waals surface area contributed by atoms with Crippen molar-refractivity contribution in [2.24, 2.45) is 0 Å². The maximum atomic E-state index is 14.1. The third-order valence-corrected chi connectivity index (χ3v) is 4.88. The summed E-state index contributed by atoms with van der Waals surface area (Å²) in [6.07, 6.45) is 0. The van der Waals surface area contributed by atoms with Crippen LogP contribution in [0.15, 0.2) is 36.4 Å². The van der Waals surface area contributed by atoms with Gasteiger partial charge in [0.05, 0.1) is 25.5 Å². The van der Waals surface area contributed by atoms with Crippen LogP contribution in [0.2, 0.25) is 0 Å². The van der Waals surface area contributed by atoms with E-state index in [4.69, 9.17) is 9.47 Å². The number of halogens is 1. The Labute approximate surface area is 163 Å².